The van der Waals surface area contributed by atoms with E-state index in [-0.39, 0.29) is 24.2 Å². The van der Waals surface area contributed by atoms with E-state index in [1.165, 1.54) is 36.4 Å². The number of halogens is 4. The molecule has 0 aliphatic carbocycles. The highest BCUT2D eigenvalue weighted by Gasteiger charge is 2.32. The van der Waals surface area contributed by atoms with Crippen LogP contribution >= 0.6 is 0 Å². The molecule has 3 rings (SSSR count). The van der Waals surface area contributed by atoms with Crippen LogP contribution in [0, 0.1) is 5.82 Å². The first kappa shape index (κ1) is 15.6. The van der Waals surface area contributed by atoms with Crippen molar-refractivity contribution in [3.8, 4) is 5.75 Å². The molecule has 2 aromatic carbocycles. The van der Waals surface area contributed by atoms with Gasteiger partial charge < -0.3 is 15.4 Å². The summed E-state index contributed by atoms with van der Waals surface area (Å²) in [5, 5.41) is 0. The molecular formula is C16H14F4N2O. The maximum Gasteiger partial charge on any atom is 0.573 e. The molecule has 23 heavy (non-hydrogen) atoms. The Bertz CT molecular complexity index is 700. The van der Waals surface area contributed by atoms with Gasteiger partial charge in [0.25, 0.3) is 0 Å². The van der Waals surface area contributed by atoms with Crippen molar-refractivity contribution in [2.45, 2.75) is 18.9 Å². The van der Waals surface area contributed by atoms with Crippen molar-refractivity contribution in [1.82, 2.24) is 0 Å². The summed E-state index contributed by atoms with van der Waals surface area (Å²) in [6, 6.07) is 9.89. The molecule has 0 fully saturated rings. The first-order valence-corrected chi connectivity index (χ1v) is 6.98. The lowest BCUT2D eigenvalue weighted by Gasteiger charge is -2.26. The molecule has 122 valence electrons. The Morgan fingerprint density at radius 1 is 1.13 bits per heavy atom. The molecule has 0 spiro atoms. The van der Waals surface area contributed by atoms with Gasteiger partial charge in [0.05, 0.1) is 6.04 Å². The third kappa shape index (κ3) is 3.24. The third-order valence-corrected chi connectivity index (χ3v) is 3.81. The molecule has 1 heterocycles. The van der Waals surface area contributed by atoms with E-state index in [1.807, 2.05) is 4.90 Å². The van der Waals surface area contributed by atoms with Crippen molar-refractivity contribution in [1.29, 1.82) is 0 Å². The molecule has 0 saturated heterocycles. The molecule has 0 radical (unpaired) electrons. The topological polar surface area (TPSA) is 38.5 Å². The molecule has 1 atom stereocenters. The second kappa shape index (κ2) is 5.73. The average molecular weight is 326 g/mol. The van der Waals surface area contributed by atoms with Crippen LogP contribution in [0.1, 0.15) is 17.2 Å². The first-order valence-electron chi connectivity index (χ1n) is 6.98. The predicted octanol–water partition coefficient (Wildman–Crippen LogP) is 3.74. The van der Waals surface area contributed by atoms with Crippen LogP contribution in [0.3, 0.4) is 0 Å². The van der Waals surface area contributed by atoms with Crippen molar-refractivity contribution in [2.24, 2.45) is 5.73 Å². The molecule has 0 saturated carbocycles. The summed E-state index contributed by atoms with van der Waals surface area (Å²) in [4.78, 5) is 1.93. The van der Waals surface area contributed by atoms with E-state index in [2.05, 4.69) is 4.74 Å². The number of hydrogen-bond donors (Lipinski definition) is 1. The van der Waals surface area contributed by atoms with E-state index in [0.717, 1.165) is 11.1 Å². The van der Waals surface area contributed by atoms with Gasteiger partial charge in [0.2, 0.25) is 0 Å². The Hall–Kier alpha value is -2.28. The zero-order valence-corrected chi connectivity index (χ0v) is 12.0. The highest BCUT2D eigenvalue weighted by Crippen LogP contribution is 2.38. The van der Waals surface area contributed by atoms with Crippen LogP contribution in [0.4, 0.5) is 23.2 Å². The molecule has 0 amide bonds. The van der Waals surface area contributed by atoms with Gasteiger partial charge >= 0.3 is 6.36 Å². The number of ether oxygens (including phenoxy) is 1. The predicted molar refractivity (Wildman–Crippen MR) is 77.5 cm³/mol. The van der Waals surface area contributed by atoms with Crippen molar-refractivity contribution >= 4 is 5.69 Å². The van der Waals surface area contributed by atoms with Gasteiger partial charge in [0.15, 0.2) is 0 Å². The van der Waals surface area contributed by atoms with Gasteiger partial charge in [-0.3, -0.25) is 0 Å². The van der Waals surface area contributed by atoms with Crippen molar-refractivity contribution in [2.75, 3.05) is 11.4 Å². The molecule has 3 nitrogen and oxygen atoms in total. The van der Waals surface area contributed by atoms with Crippen LogP contribution < -0.4 is 15.4 Å². The Labute approximate surface area is 130 Å². The van der Waals surface area contributed by atoms with Crippen molar-refractivity contribution in [3.05, 3.63) is 59.4 Å². The number of anilines is 1. The number of nitrogens with zero attached hydrogens (tertiary/aromatic N) is 1. The summed E-state index contributed by atoms with van der Waals surface area (Å²) in [6.07, 6.45) is -4.72. The van der Waals surface area contributed by atoms with E-state index in [1.54, 1.807) is 6.07 Å². The largest absolute Gasteiger partial charge is 0.573 e. The monoisotopic (exact) mass is 326 g/mol. The van der Waals surface area contributed by atoms with E-state index in [9.17, 15) is 17.6 Å². The fourth-order valence-corrected chi connectivity index (χ4v) is 2.85. The SMILES string of the molecule is NCC1c2cc(F)ccc2CN1c1ccc(OC(F)(F)F)cc1. The lowest BCUT2D eigenvalue weighted by atomic mass is 10.0. The maximum absolute atomic E-state index is 13.4. The van der Waals surface area contributed by atoms with Gasteiger partial charge in [-0.1, -0.05) is 6.07 Å². The van der Waals surface area contributed by atoms with E-state index in [4.69, 9.17) is 5.73 Å². The van der Waals surface area contributed by atoms with Crippen LogP contribution in [0.25, 0.3) is 0 Å². The maximum atomic E-state index is 13.4. The summed E-state index contributed by atoms with van der Waals surface area (Å²) in [6.45, 7) is 0.800. The Kier molecular flexibility index (Phi) is 3.89. The van der Waals surface area contributed by atoms with Crippen LogP contribution in [0.15, 0.2) is 42.5 Å². The van der Waals surface area contributed by atoms with Gasteiger partial charge in [0, 0.05) is 18.8 Å². The zero-order chi connectivity index (χ0) is 16.6. The third-order valence-electron chi connectivity index (χ3n) is 3.81. The summed E-state index contributed by atoms with van der Waals surface area (Å²) < 4.78 is 53.9. The highest BCUT2D eigenvalue weighted by molar-refractivity contribution is 5.56. The Morgan fingerprint density at radius 2 is 1.83 bits per heavy atom. The fourth-order valence-electron chi connectivity index (χ4n) is 2.85. The minimum Gasteiger partial charge on any atom is -0.406 e. The fraction of sp³-hybridized carbons (Fsp3) is 0.250. The van der Waals surface area contributed by atoms with E-state index < -0.39 is 6.36 Å². The molecule has 7 heteroatoms. The quantitative estimate of drug-likeness (QED) is 0.873. The molecule has 2 N–H and O–H groups in total. The number of rotatable bonds is 3. The first-order chi connectivity index (χ1) is 10.9. The molecule has 1 unspecified atom stereocenters. The number of benzene rings is 2. The van der Waals surface area contributed by atoms with E-state index >= 15 is 0 Å². The second-order valence-corrected chi connectivity index (χ2v) is 5.26. The molecule has 2 aromatic rings. The summed E-state index contributed by atoms with van der Waals surface area (Å²) in [7, 11) is 0. The van der Waals surface area contributed by atoms with Gasteiger partial charge in [-0.25, -0.2) is 4.39 Å². The number of hydrogen-bond acceptors (Lipinski definition) is 3. The van der Waals surface area contributed by atoms with Gasteiger partial charge in [-0.15, -0.1) is 13.2 Å². The number of alkyl halides is 3. The van der Waals surface area contributed by atoms with Crippen LogP contribution in [0.5, 0.6) is 5.75 Å². The highest BCUT2D eigenvalue weighted by atomic mass is 19.4. The molecular weight excluding hydrogens is 312 g/mol. The zero-order valence-electron chi connectivity index (χ0n) is 12.0. The average Bonchev–Trinajstić information content (AvgIpc) is 2.84. The van der Waals surface area contributed by atoms with Crippen LogP contribution in [-0.2, 0) is 6.54 Å². The Balaban J connectivity index is 1.85. The minimum absolute atomic E-state index is 0.213. The standard InChI is InChI=1S/C16H14F4N2O/c17-11-2-1-10-9-22(15(8-21)14(10)7-11)12-3-5-13(6-4-12)23-16(18,19)20/h1-7,15H,8-9,21H2. The normalized spacial score (nSPS) is 17.3. The number of fused-ring (bicyclic) bond motifs is 1. The molecule has 1 aliphatic rings. The Morgan fingerprint density at radius 3 is 2.43 bits per heavy atom. The van der Waals surface area contributed by atoms with Crippen LogP contribution in [0.2, 0.25) is 0 Å². The van der Waals surface area contributed by atoms with Gasteiger partial charge in [0.1, 0.15) is 11.6 Å². The molecule has 1 aliphatic heterocycles. The summed E-state index contributed by atoms with van der Waals surface area (Å²) in [5.41, 5.74) is 8.27. The minimum atomic E-state index is -4.72. The van der Waals surface area contributed by atoms with Crippen molar-refractivity contribution < 1.29 is 22.3 Å². The lowest BCUT2D eigenvalue weighted by Crippen LogP contribution is -2.27. The van der Waals surface area contributed by atoms with Gasteiger partial charge in [-0.2, -0.15) is 0 Å². The summed E-state index contributed by atoms with van der Waals surface area (Å²) >= 11 is 0. The lowest BCUT2D eigenvalue weighted by molar-refractivity contribution is -0.274. The second-order valence-electron chi connectivity index (χ2n) is 5.26. The van der Waals surface area contributed by atoms with Crippen molar-refractivity contribution in [3.63, 3.8) is 0 Å². The smallest absolute Gasteiger partial charge is 0.406 e. The molecule has 0 bridgehead atoms. The molecule has 0 aromatic heterocycles. The number of nitrogens with two attached hydrogens (primary N) is 1. The van der Waals surface area contributed by atoms with Gasteiger partial charge in [-0.05, 0) is 47.5 Å². The van der Waals surface area contributed by atoms with Crippen LogP contribution in [-0.4, -0.2) is 12.9 Å². The van der Waals surface area contributed by atoms with E-state index in [0.29, 0.717) is 12.2 Å². The summed E-state index contributed by atoms with van der Waals surface area (Å²) in [5.74, 6) is -0.619.